The fourth-order valence-electron chi connectivity index (χ4n) is 3.80. The van der Waals surface area contributed by atoms with Crippen LogP contribution in [0.25, 0.3) is 0 Å². The highest BCUT2D eigenvalue weighted by Gasteiger charge is 2.28. The number of alkyl halides is 1. The molecule has 4 heteroatoms. The van der Waals surface area contributed by atoms with Crippen LogP contribution >= 0.6 is 0 Å². The van der Waals surface area contributed by atoms with E-state index in [2.05, 4.69) is 30.8 Å². The van der Waals surface area contributed by atoms with Crippen molar-refractivity contribution >= 4 is 5.97 Å². The van der Waals surface area contributed by atoms with Gasteiger partial charge in [0, 0.05) is 18.1 Å². The van der Waals surface area contributed by atoms with Crippen LogP contribution in [0.3, 0.4) is 0 Å². The van der Waals surface area contributed by atoms with E-state index in [0.717, 1.165) is 32.1 Å². The maximum Gasteiger partial charge on any atom is 0.333 e. The topological polar surface area (TPSA) is 46.5 Å². The molecule has 1 aliphatic carbocycles. The van der Waals surface area contributed by atoms with Crippen molar-refractivity contribution in [1.82, 2.24) is 0 Å². The average Bonchev–Trinajstić information content (AvgIpc) is 2.67. The first-order chi connectivity index (χ1) is 12.5. The number of hydrogen-bond acceptors (Lipinski definition) is 3. The van der Waals surface area contributed by atoms with Crippen molar-refractivity contribution < 1.29 is 19.0 Å². The Hall–Kier alpha value is -1.68. The summed E-state index contributed by atoms with van der Waals surface area (Å²) in [4.78, 5) is 11.6. The van der Waals surface area contributed by atoms with Crippen LogP contribution in [-0.2, 0) is 16.0 Å². The average molecular weight is 362 g/mol. The number of rotatable bonds is 9. The third-order valence-corrected chi connectivity index (χ3v) is 5.50. The Morgan fingerprint density at radius 1 is 1.27 bits per heavy atom. The Balaban J connectivity index is 1.83. The monoisotopic (exact) mass is 362 g/mol. The van der Waals surface area contributed by atoms with Gasteiger partial charge in [0.05, 0.1) is 13.3 Å². The molecule has 0 heterocycles. The van der Waals surface area contributed by atoms with Gasteiger partial charge in [-0.2, -0.15) is 0 Å². The van der Waals surface area contributed by atoms with Gasteiger partial charge in [-0.3, -0.25) is 4.39 Å². The summed E-state index contributed by atoms with van der Waals surface area (Å²) in [6.07, 6.45) is 5.61. The summed E-state index contributed by atoms with van der Waals surface area (Å²) in [7, 11) is 0. The number of carbonyl (C=O) groups is 1. The zero-order valence-electron chi connectivity index (χ0n) is 15.8. The Kier molecular flexibility index (Phi) is 8.30. The Morgan fingerprint density at radius 3 is 2.46 bits per heavy atom. The molecule has 0 amide bonds. The zero-order chi connectivity index (χ0) is 18.9. The van der Waals surface area contributed by atoms with Crippen LogP contribution in [0.15, 0.2) is 36.4 Å². The number of benzene rings is 1. The molecule has 1 fully saturated rings. The van der Waals surface area contributed by atoms with Crippen molar-refractivity contribution in [1.29, 1.82) is 0 Å². The first kappa shape index (κ1) is 20.6. The number of aryl methyl sites for hydroxylation is 1. The maximum atomic E-state index is 12.3. The fourth-order valence-corrected chi connectivity index (χ4v) is 3.80. The molecule has 0 aliphatic heterocycles. The summed E-state index contributed by atoms with van der Waals surface area (Å²) < 4.78 is 17.5. The van der Waals surface area contributed by atoms with Gasteiger partial charge in [-0.25, -0.2) is 4.79 Å². The van der Waals surface area contributed by atoms with Crippen LogP contribution in [0.5, 0.6) is 0 Å². The SMILES string of the molecule is C=C(C)C(=O)OCC(CO)C1CCC(c2ccc(CCCF)cc2)CC1. The second kappa shape index (κ2) is 10.5. The molecule has 0 spiro atoms. The van der Waals surface area contributed by atoms with E-state index >= 15 is 0 Å². The van der Waals surface area contributed by atoms with Crippen molar-refractivity contribution in [3.05, 3.63) is 47.5 Å². The first-order valence-electron chi connectivity index (χ1n) is 9.63. The van der Waals surface area contributed by atoms with Crippen LogP contribution < -0.4 is 0 Å². The molecular formula is C22H31FO3. The summed E-state index contributed by atoms with van der Waals surface area (Å²) in [6.45, 7) is 5.26. The predicted molar refractivity (Wildman–Crippen MR) is 102 cm³/mol. The number of ether oxygens (including phenoxy) is 1. The highest BCUT2D eigenvalue weighted by molar-refractivity contribution is 5.86. The zero-order valence-corrected chi connectivity index (χ0v) is 15.8. The lowest BCUT2D eigenvalue weighted by Crippen LogP contribution is -2.28. The van der Waals surface area contributed by atoms with E-state index in [0.29, 0.717) is 23.8 Å². The minimum Gasteiger partial charge on any atom is -0.462 e. The second-order valence-electron chi connectivity index (χ2n) is 7.47. The minimum atomic E-state index is -0.384. The number of halogens is 1. The summed E-state index contributed by atoms with van der Waals surface area (Å²) in [5, 5.41) is 9.67. The van der Waals surface area contributed by atoms with Crippen LogP contribution in [0.1, 0.15) is 56.1 Å². The molecule has 1 unspecified atom stereocenters. The van der Waals surface area contributed by atoms with Crippen molar-refractivity contribution in [2.75, 3.05) is 19.9 Å². The first-order valence-corrected chi connectivity index (χ1v) is 9.63. The van der Waals surface area contributed by atoms with Gasteiger partial charge in [0.25, 0.3) is 0 Å². The molecule has 144 valence electrons. The van der Waals surface area contributed by atoms with Gasteiger partial charge in [0.15, 0.2) is 0 Å². The van der Waals surface area contributed by atoms with Crippen LogP contribution in [-0.4, -0.2) is 31.0 Å². The van der Waals surface area contributed by atoms with Gasteiger partial charge in [-0.15, -0.1) is 0 Å². The quantitative estimate of drug-likeness (QED) is 0.516. The van der Waals surface area contributed by atoms with Gasteiger partial charge in [0.2, 0.25) is 0 Å². The second-order valence-corrected chi connectivity index (χ2v) is 7.47. The Labute approximate surface area is 156 Å². The highest BCUT2D eigenvalue weighted by atomic mass is 19.1. The molecule has 0 radical (unpaired) electrons. The molecule has 1 saturated carbocycles. The lowest BCUT2D eigenvalue weighted by Gasteiger charge is -2.33. The maximum absolute atomic E-state index is 12.3. The third-order valence-electron chi connectivity index (χ3n) is 5.50. The fraction of sp³-hybridized carbons (Fsp3) is 0.591. The summed E-state index contributed by atoms with van der Waals surface area (Å²) in [5.41, 5.74) is 2.93. The van der Waals surface area contributed by atoms with E-state index in [1.165, 1.54) is 11.1 Å². The summed E-state index contributed by atoms with van der Waals surface area (Å²) >= 11 is 0. The lowest BCUT2D eigenvalue weighted by molar-refractivity contribution is -0.141. The molecule has 1 N–H and O–H groups in total. The summed E-state index contributed by atoms with van der Waals surface area (Å²) in [5.74, 6) is 0.545. The molecule has 0 aromatic heterocycles. The molecule has 3 nitrogen and oxygen atoms in total. The van der Waals surface area contributed by atoms with Gasteiger partial charge in [-0.1, -0.05) is 30.8 Å². The smallest absolute Gasteiger partial charge is 0.333 e. The standard InChI is InChI=1S/C22H31FO3/c1-16(2)22(25)26-15-21(14-24)20-11-9-19(10-12-20)18-7-5-17(6-8-18)4-3-13-23/h5-8,19-21,24H,1,3-4,9-15H2,2H3. The molecular weight excluding hydrogens is 331 g/mol. The van der Waals surface area contributed by atoms with E-state index in [1.807, 2.05) is 0 Å². The van der Waals surface area contributed by atoms with Crippen LogP contribution in [0.4, 0.5) is 4.39 Å². The van der Waals surface area contributed by atoms with Gasteiger partial charge < -0.3 is 9.84 Å². The van der Waals surface area contributed by atoms with Gasteiger partial charge in [0.1, 0.15) is 0 Å². The number of esters is 1. The number of aliphatic hydroxyl groups excluding tert-OH is 1. The van der Waals surface area contributed by atoms with Crippen LogP contribution in [0, 0.1) is 11.8 Å². The molecule has 26 heavy (non-hydrogen) atoms. The number of carbonyl (C=O) groups excluding carboxylic acids is 1. The number of hydrogen-bond donors (Lipinski definition) is 1. The van der Waals surface area contributed by atoms with Crippen molar-refractivity contribution in [2.45, 2.75) is 51.4 Å². The van der Waals surface area contributed by atoms with Crippen molar-refractivity contribution in [3.63, 3.8) is 0 Å². The number of aliphatic hydroxyl groups is 1. The lowest BCUT2D eigenvalue weighted by atomic mass is 9.74. The van der Waals surface area contributed by atoms with E-state index in [-0.39, 0.29) is 31.8 Å². The largest absolute Gasteiger partial charge is 0.462 e. The predicted octanol–water partition coefficient (Wildman–Crippen LogP) is 4.59. The Bertz CT molecular complexity index is 574. The molecule has 0 saturated heterocycles. The third kappa shape index (κ3) is 5.94. The molecule has 1 aliphatic rings. The summed E-state index contributed by atoms with van der Waals surface area (Å²) in [6, 6.07) is 8.59. The molecule has 1 aromatic carbocycles. The molecule has 2 rings (SSSR count). The van der Waals surface area contributed by atoms with Crippen LogP contribution in [0.2, 0.25) is 0 Å². The molecule has 1 aromatic rings. The minimum absolute atomic E-state index is 0.00215. The van der Waals surface area contributed by atoms with E-state index in [9.17, 15) is 14.3 Å². The van der Waals surface area contributed by atoms with E-state index < -0.39 is 0 Å². The highest BCUT2D eigenvalue weighted by Crippen LogP contribution is 2.39. The van der Waals surface area contributed by atoms with Crippen molar-refractivity contribution in [3.8, 4) is 0 Å². The van der Waals surface area contributed by atoms with Crippen molar-refractivity contribution in [2.24, 2.45) is 11.8 Å². The molecule has 0 bridgehead atoms. The van der Waals surface area contributed by atoms with Gasteiger partial charge in [-0.05, 0) is 68.4 Å². The van der Waals surface area contributed by atoms with E-state index in [4.69, 9.17) is 4.74 Å². The normalized spacial score (nSPS) is 21.2. The Morgan fingerprint density at radius 2 is 1.92 bits per heavy atom. The van der Waals surface area contributed by atoms with Gasteiger partial charge >= 0.3 is 5.97 Å². The van der Waals surface area contributed by atoms with E-state index in [1.54, 1.807) is 6.92 Å². The molecule has 1 atom stereocenters.